The number of thiophene rings is 1. The van der Waals surface area contributed by atoms with E-state index in [4.69, 9.17) is 11.6 Å². The molecule has 0 N–H and O–H groups in total. The summed E-state index contributed by atoms with van der Waals surface area (Å²) in [5.41, 5.74) is 1.98. The predicted molar refractivity (Wildman–Crippen MR) is 67.9 cm³/mol. The minimum absolute atomic E-state index is 0.283. The molecule has 0 saturated heterocycles. The highest BCUT2D eigenvalue weighted by Gasteiger charge is 2.06. The molecule has 0 unspecified atom stereocenters. The Bertz CT molecular complexity index is 648. The van der Waals surface area contributed by atoms with E-state index in [-0.39, 0.29) is 5.28 Å². The van der Waals surface area contributed by atoms with Crippen LogP contribution in [0.5, 0.6) is 0 Å². The van der Waals surface area contributed by atoms with Crippen LogP contribution in [-0.4, -0.2) is 9.97 Å². The molecule has 78 valence electrons. The first-order valence-electron chi connectivity index (χ1n) is 4.80. The second-order valence-electron chi connectivity index (χ2n) is 3.36. The molecule has 0 spiro atoms. The molecule has 0 radical (unpaired) electrons. The van der Waals surface area contributed by atoms with Crippen LogP contribution in [0.3, 0.4) is 0 Å². The number of nitrogens with zero attached hydrogens (tertiary/aromatic N) is 2. The first kappa shape index (κ1) is 9.75. The van der Waals surface area contributed by atoms with Gasteiger partial charge in [-0.2, -0.15) is 0 Å². The number of rotatable bonds is 1. The lowest BCUT2D eigenvalue weighted by Gasteiger charge is -2.02. The highest BCUT2D eigenvalue weighted by molar-refractivity contribution is 7.17. The number of hydrogen-bond donors (Lipinski definition) is 0. The molecule has 2 aromatic heterocycles. The van der Waals surface area contributed by atoms with Crippen molar-refractivity contribution < 1.29 is 0 Å². The Morgan fingerprint density at radius 1 is 1.12 bits per heavy atom. The number of aromatic nitrogens is 2. The van der Waals surface area contributed by atoms with Gasteiger partial charge in [-0.15, -0.1) is 11.3 Å². The topological polar surface area (TPSA) is 25.8 Å². The highest BCUT2D eigenvalue weighted by Crippen LogP contribution is 2.31. The Hall–Kier alpha value is -1.45. The van der Waals surface area contributed by atoms with Crippen LogP contribution in [0.1, 0.15) is 0 Å². The van der Waals surface area contributed by atoms with Gasteiger partial charge in [-0.1, -0.05) is 18.2 Å². The molecule has 0 aliphatic heterocycles. The van der Waals surface area contributed by atoms with E-state index in [1.165, 1.54) is 10.1 Å². The lowest BCUT2D eigenvalue weighted by Crippen LogP contribution is -1.86. The third kappa shape index (κ3) is 1.58. The fraction of sp³-hybridized carbons (Fsp3) is 0. The van der Waals surface area contributed by atoms with E-state index in [9.17, 15) is 0 Å². The van der Waals surface area contributed by atoms with Gasteiger partial charge in [-0.05, 0) is 34.5 Å². The molecule has 4 heteroatoms. The monoisotopic (exact) mass is 246 g/mol. The number of fused-ring (bicyclic) bond motifs is 1. The maximum atomic E-state index is 5.80. The van der Waals surface area contributed by atoms with Gasteiger partial charge < -0.3 is 0 Å². The third-order valence-electron chi connectivity index (χ3n) is 2.38. The maximum absolute atomic E-state index is 5.80. The Labute approximate surface area is 102 Å². The lowest BCUT2D eigenvalue weighted by molar-refractivity contribution is 1.17. The SMILES string of the molecule is Clc1nccc(-c2cccc3ccsc23)n1. The fourth-order valence-corrected chi connectivity index (χ4v) is 2.75. The average Bonchev–Trinajstić information content (AvgIpc) is 2.76. The molecule has 2 nitrogen and oxygen atoms in total. The number of hydrogen-bond acceptors (Lipinski definition) is 3. The van der Waals surface area contributed by atoms with Crippen molar-refractivity contribution in [1.29, 1.82) is 0 Å². The summed E-state index contributed by atoms with van der Waals surface area (Å²) in [6.45, 7) is 0. The van der Waals surface area contributed by atoms with Gasteiger partial charge in [0.25, 0.3) is 0 Å². The molecule has 3 aromatic rings. The van der Waals surface area contributed by atoms with Crippen molar-refractivity contribution in [3.63, 3.8) is 0 Å². The molecule has 0 fully saturated rings. The Kier molecular flexibility index (Phi) is 2.35. The lowest BCUT2D eigenvalue weighted by atomic mass is 10.1. The van der Waals surface area contributed by atoms with Crippen molar-refractivity contribution in [2.24, 2.45) is 0 Å². The van der Waals surface area contributed by atoms with Crippen LogP contribution in [0.15, 0.2) is 41.9 Å². The van der Waals surface area contributed by atoms with E-state index < -0.39 is 0 Å². The van der Waals surface area contributed by atoms with E-state index in [1.54, 1.807) is 17.5 Å². The summed E-state index contributed by atoms with van der Waals surface area (Å²) in [5.74, 6) is 0. The second-order valence-corrected chi connectivity index (χ2v) is 4.61. The summed E-state index contributed by atoms with van der Waals surface area (Å²) in [6.07, 6.45) is 1.68. The van der Waals surface area contributed by atoms with Crippen molar-refractivity contribution in [2.45, 2.75) is 0 Å². The van der Waals surface area contributed by atoms with Crippen molar-refractivity contribution in [2.75, 3.05) is 0 Å². The summed E-state index contributed by atoms with van der Waals surface area (Å²) >= 11 is 7.51. The molecule has 0 aliphatic carbocycles. The van der Waals surface area contributed by atoms with Gasteiger partial charge in [0.05, 0.1) is 5.69 Å². The summed E-state index contributed by atoms with van der Waals surface area (Å²) in [5, 5.41) is 3.60. The zero-order chi connectivity index (χ0) is 11.0. The Morgan fingerprint density at radius 3 is 2.94 bits per heavy atom. The Balaban J connectivity index is 2.29. The molecule has 0 bridgehead atoms. The minimum Gasteiger partial charge on any atom is -0.226 e. The molecule has 1 aromatic carbocycles. The van der Waals surface area contributed by atoms with E-state index >= 15 is 0 Å². The molecule has 0 atom stereocenters. The zero-order valence-electron chi connectivity index (χ0n) is 8.22. The van der Waals surface area contributed by atoms with Gasteiger partial charge in [0.15, 0.2) is 0 Å². The zero-order valence-corrected chi connectivity index (χ0v) is 9.79. The van der Waals surface area contributed by atoms with E-state index in [1.807, 2.05) is 12.1 Å². The minimum atomic E-state index is 0.283. The maximum Gasteiger partial charge on any atom is 0.222 e. The normalized spacial score (nSPS) is 10.8. The van der Waals surface area contributed by atoms with Crippen molar-refractivity contribution in [3.8, 4) is 11.3 Å². The number of benzene rings is 1. The van der Waals surface area contributed by atoms with Crippen LogP contribution in [-0.2, 0) is 0 Å². The van der Waals surface area contributed by atoms with Gasteiger partial charge >= 0.3 is 0 Å². The van der Waals surface area contributed by atoms with Crippen LogP contribution < -0.4 is 0 Å². The predicted octanol–water partition coefficient (Wildman–Crippen LogP) is 4.01. The quantitative estimate of drug-likeness (QED) is 0.607. The van der Waals surface area contributed by atoms with Gasteiger partial charge in [0.1, 0.15) is 0 Å². The third-order valence-corrected chi connectivity index (χ3v) is 3.53. The molecule has 0 aliphatic rings. The largest absolute Gasteiger partial charge is 0.226 e. The summed E-state index contributed by atoms with van der Waals surface area (Å²) in [6, 6.07) is 10.2. The number of halogens is 1. The molecule has 2 heterocycles. The van der Waals surface area contributed by atoms with Crippen LogP contribution in [0, 0.1) is 0 Å². The van der Waals surface area contributed by atoms with Crippen LogP contribution in [0.25, 0.3) is 21.3 Å². The standard InChI is InChI=1S/C12H7ClN2S/c13-12-14-6-4-10(15-12)9-3-1-2-8-5-7-16-11(8)9/h1-7H. The fourth-order valence-electron chi connectivity index (χ4n) is 1.68. The van der Waals surface area contributed by atoms with Crippen molar-refractivity contribution in [3.05, 3.63) is 47.2 Å². The van der Waals surface area contributed by atoms with E-state index in [0.29, 0.717) is 0 Å². The smallest absolute Gasteiger partial charge is 0.222 e. The van der Waals surface area contributed by atoms with E-state index in [0.717, 1.165) is 11.3 Å². The van der Waals surface area contributed by atoms with Crippen LogP contribution in [0.4, 0.5) is 0 Å². The molecule has 3 rings (SSSR count). The van der Waals surface area contributed by atoms with Crippen molar-refractivity contribution in [1.82, 2.24) is 9.97 Å². The molecule has 0 saturated carbocycles. The van der Waals surface area contributed by atoms with Crippen LogP contribution >= 0.6 is 22.9 Å². The van der Waals surface area contributed by atoms with E-state index in [2.05, 4.69) is 33.5 Å². The first-order chi connectivity index (χ1) is 7.84. The summed E-state index contributed by atoms with van der Waals surface area (Å²) in [7, 11) is 0. The molecular weight excluding hydrogens is 240 g/mol. The van der Waals surface area contributed by atoms with Crippen molar-refractivity contribution >= 4 is 33.0 Å². The molecular formula is C12H7ClN2S. The average molecular weight is 247 g/mol. The van der Waals surface area contributed by atoms with Gasteiger partial charge in [-0.3, -0.25) is 0 Å². The Morgan fingerprint density at radius 2 is 2.06 bits per heavy atom. The highest BCUT2D eigenvalue weighted by atomic mass is 35.5. The summed E-state index contributed by atoms with van der Waals surface area (Å²) in [4.78, 5) is 8.12. The first-order valence-corrected chi connectivity index (χ1v) is 6.05. The molecule has 0 amide bonds. The molecule has 16 heavy (non-hydrogen) atoms. The van der Waals surface area contributed by atoms with Gasteiger partial charge in [-0.25, -0.2) is 9.97 Å². The van der Waals surface area contributed by atoms with Crippen LogP contribution in [0.2, 0.25) is 5.28 Å². The summed E-state index contributed by atoms with van der Waals surface area (Å²) < 4.78 is 1.23. The van der Waals surface area contributed by atoms with Gasteiger partial charge in [0, 0.05) is 16.5 Å². The van der Waals surface area contributed by atoms with Gasteiger partial charge in [0.2, 0.25) is 5.28 Å². The second kappa shape index (κ2) is 3.85.